The summed E-state index contributed by atoms with van der Waals surface area (Å²) >= 11 is 0. The van der Waals surface area contributed by atoms with Crippen molar-refractivity contribution in [2.24, 2.45) is 5.92 Å². The molecule has 0 aliphatic rings. The summed E-state index contributed by atoms with van der Waals surface area (Å²) < 4.78 is 0. The van der Waals surface area contributed by atoms with Gasteiger partial charge in [0.2, 0.25) is 5.91 Å². The summed E-state index contributed by atoms with van der Waals surface area (Å²) in [5.74, 6) is -0.111. The summed E-state index contributed by atoms with van der Waals surface area (Å²) in [5.41, 5.74) is 2.77. The van der Waals surface area contributed by atoms with Gasteiger partial charge in [0.05, 0.1) is 6.54 Å². The molecule has 0 saturated carbocycles. The van der Waals surface area contributed by atoms with E-state index >= 15 is 0 Å². The lowest BCUT2D eigenvalue weighted by molar-refractivity contribution is -0.120. The Bertz CT molecular complexity index is 793. The van der Waals surface area contributed by atoms with Crippen molar-refractivity contribution in [3.63, 3.8) is 0 Å². The molecule has 156 valence electrons. The Morgan fingerprint density at radius 3 is 2.07 bits per heavy atom. The molecule has 0 heterocycles. The number of benzene rings is 2. The molecular formula is C24H33N3O2. The van der Waals surface area contributed by atoms with E-state index in [1.807, 2.05) is 42.5 Å². The normalized spacial score (nSPS) is 12.3. The SMILES string of the molecule is CC(C)C(CNC(=O)CNC(=O)c1ccc(C(C)(C)C)cc1)Nc1ccccc1. The van der Waals surface area contributed by atoms with Gasteiger partial charge in [-0.15, -0.1) is 0 Å². The molecule has 0 bridgehead atoms. The Morgan fingerprint density at radius 2 is 1.52 bits per heavy atom. The van der Waals surface area contributed by atoms with E-state index in [1.165, 1.54) is 0 Å². The van der Waals surface area contributed by atoms with Gasteiger partial charge >= 0.3 is 0 Å². The molecule has 0 aliphatic heterocycles. The lowest BCUT2D eigenvalue weighted by Crippen LogP contribution is -2.43. The summed E-state index contributed by atoms with van der Waals surface area (Å²) in [6, 6.07) is 17.5. The molecule has 29 heavy (non-hydrogen) atoms. The Hall–Kier alpha value is -2.82. The molecular weight excluding hydrogens is 362 g/mol. The maximum atomic E-state index is 12.3. The second-order valence-corrected chi connectivity index (χ2v) is 8.67. The van der Waals surface area contributed by atoms with Crippen LogP contribution in [0.15, 0.2) is 54.6 Å². The molecule has 0 aliphatic carbocycles. The third kappa shape index (κ3) is 7.26. The van der Waals surface area contributed by atoms with E-state index in [4.69, 9.17) is 0 Å². The van der Waals surface area contributed by atoms with Crippen LogP contribution < -0.4 is 16.0 Å². The zero-order chi connectivity index (χ0) is 21.4. The van der Waals surface area contributed by atoms with E-state index in [-0.39, 0.29) is 29.8 Å². The minimum atomic E-state index is -0.247. The first-order chi connectivity index (χ1) is 13.7. The van der Waals surface area contributed by atoms with Crippen LogP contribution in [0.2, 0.25) is 0 Å². The lowest BCUT2D eigenvalue weighted by Gasteiger charge is -2.24. The van der Waals surface area contributed by atoms with E-state index in [2.05, 4.69) is 50.6 Å². The van der Waals surface area contributed by atoms with Gasteiger partial charge in [-0.25, -0.2) is 0 Å². The van der Waals surface area contributed by atoms with Crippen molar-refractivity contribution in [1.82, 2.24) is 10.6 Å². The standard InChI is InChI=1S/C24H33N3O2/c1-17(2)21(27-20-9-7-6-8-10-20)15-25-22(28)16-26-23(29)18-11-13-19(14-12-18)24(3,4)5/h6-14,17,21,27H,15-16H2,1-5H3,(H,25,28)(H,26,29). The molecule has 2 amide bonds. The molecule has 0 fully saturated rings. The summed E-state index contributed by atoms with van der Waals surface area (Å²) in [6.45, 7) is 11.0. The molecule has 2 rings (SSSR count). The van der Waals surface area contributed by atoms with Gasteiger partial charge in [0.15, 0.2) is 0 Å². The molecule has 2 aromatic rings. The van der Waals surface area contributed by atoms with Gasteiger partial charge < -0.3 is 16.0 Å². The number of para-hydroxylation sites is 1. The lowest BCUT2D eigenvalue weighted by atomic mass is 9.87. The average Bonchev–Trinajstić information content (AvgIpc) is 2.69. The number of carbonyl (C=O) groups is 2. The largest absolute Gasteiger partial charge is 0.380 e. The molecule has 1 unspecified atom stereocenters. The molecule has 0 aromatic heterocycles. The molecule has 5 nitrogen and oxygen atoms in total. The second kappa shape index (κ2) is 10.1. The topological polar surface area (TPSA) is 70.2 Å². The van der Waals surface area contributed by atoms with Crippen molar-refractivity contribution < 1.29 is 9.59 Å². The van der Waals surface area contributed by atoms with Gasteiger partial charge in [-0.1, -0.05) is 65.0 Å². The summed E-state index contributed by atoms with van der Waals surface area (Å²) in [5, 5.41) is 9.03. The molecule has 1 atom stereocenters. The van der Waals surface area contributed by atoms with Crippen LogP contribution in [0.1, 0.15) is 50.5 Å². The molecule has 3 N–H and O–H groups in total. The van der Waals surface area contributed by atoms with Crippen LogP contribution in [0.5, 0.6) is 0 Å². The smallest absolute Gasteiger partial charge is 0.251 e. The van der Waals surface area contributed by atoms with Gasteiger partial charge in [-0.2, -0.15) is 0 Å². The summed E-state index contributed by atoms with van der Waals surface area (Å²) in [6.07, 6.45) is 0. The highest BCUT2D eigenvalue weighted by Gasteiger charge is 2.16. The molecule has 2 aromatic carbocycles. The third-order valence-corrected chi connectivity index (χ3v) is 4.87. The van der Waals surface area contributed by atoms with Crippen LogP contribution in [0.4, 0.5) is 5.69 Å². The predicted octanol–water partition coefficient (Wildman–Crippen LogP) is 3.97. The average molecular weight is 396 g/mol. The summed E-state index contributed by atoms with van der Waals surface area (Å²) in [4.78, 5) is 24.5. The maximum Gasteiger partial charge on any atom is 0.251 e. The van der Waals surface area contributed by atoms with E-state index in [1.54, 1.807) is 12.1 Å². The van der Waals surface area contributed by atoms with Gasteiger partial charge in [0.1, 0.15) is 0 Å². The van der Waals surface area contributed by atoms with Crippen LogP contribution in [-0.2, 0) is 10.2 Å². The van der Waals surface area contributed by atoms with Crippen molar-refractivity contribution in [3.8, 4) is 0 Å². The first kappa shape index (κ1) is 22.5. The third-order valence-electron chi connectivity index (χ3n) is 4.87. The number of rotatable bonds is 8. The highest BCUT2D eigenvalue weighted by molar-refractivity contribution is 5.96. The van der Waals surface area contributed by atoms with Crippen LogP contribution in [0.3, 0.4) is 0 Å². The number of anilines is 1. The Kier molecular flexibility index (Phi) is 7.82. The minimum absolute atomic E-state index is 0.0373. The quantitative estimate of drug-likeness (QED) is 0.633. The van der Waals surface area contributed by atoms with E-state index in [0.717, 1.165) is 11.3 Å². The first-order valence-corrected chi connectivity index (χ1v) is 10.1. The molecule has 0 spiro atoms. The van der Waals surface area contributed by atoms with Gasteiger partial charge in [0, 0.05) is 23.8 Å². The number of nitrogens with one attached hydrogen (secondary N) is 3. The highest BCUT2D eigenvalue weighted by Crippen LogP contribution is 2.22. The van der Waals surface area contributed by atoms with Crippen LogP contribution >= 0.6 is 0 Å². The zero-order valence-corrected chi connectivity index (χ0v) is 18.1. The molecule has 5 heteroatoms. The maximum absolute atomic E-state index is 12.3. The van der Waals surface area contributed by atoms with Gasteiger partial charge in [-0.3, -0.25) is 9.59 Å². The Balaban J connectivity index is 1.81. The highest BCUT2D eigenvalue weighted by atomic mass is 16.2. The number of hydrogen-bond donors (Lipinski definition) is 3. The van der Waals surface area contributed by atoms with Gasteiger partial charge in [0.25, 0.3) is 5.91 Å². The van der Waals surface area contributed by atoms with Crippen LogP contribution in [0.25, 0.3) is 0 Å². The van der Waals surface area contributed by atoms with Crippen LogP contribution in [-0.4, -0.2) is 30.9 Å². The van der Waals surface area contributed by atoms with Crippen LogP contribution in [0, 0.1) is 5.92 Å². The fourth-order valence-electron chi connectivity index (χ4n) is 2.87. The molecule has 0 saturated heterocycles. The fraction of sp³-hybridized carbons (Fsp3) is 0.417. The fourth-order valence-corrected chi connectivity index (χ4v) is 2.87. The predicted molar refractivity (Wildman–Crippen MR) is 119 cm³/mol. The number of hydrogen-bond acceptors (Lipinski definition) is 3. The monoisotopic (exact) mass is 395 g/mol. The van der Waals surface area contributed by atoms with E-state index in [9.17, 15) is 9.59 Å². The zero-order valence-electron chi connectivity index (χ0n) is 18.1. The van der Waals surface area contributed by atoms with E-state index < -0.39 is 0 Å². The van der Waals surface area contributed by atoms with Crippen molar-refractivity contribution in [2.45, 2.75) is 46.1 Å². The minimum Gasteiger partial charge on any atom is -0.380 e. The Labute approximate surface area is 174 Å². The van der Waals surface area contributed by atoms with Gasteiger partial charge in [-0.05, 0) is 41.2 Å². The molecule has 0 radical (unpaired) electrons. The second-order valence-electron chi connectivity index (χ2n) is 8.67. The van der Waals surface area contributed by atoms with Crippen molar-refractivity contribution in [3.05, 3.63) is 65.7 Å². The van der Waals surface area contributed by atoms with Crippen molar-refractivity contribution in [2.75, 3.05) is 18.4 Å². The summed E-state index contributed by atoms with van der Waals surface area (Å²) in [7, 11) is 0. The number of carbonyl (C=O) groups excluding carboxylic acids is 2. The van der Waals surface area contributed by atoms with Crippen molar-refractivity contribution >= 4 is 17.5 Å². The Morgan fingerprint density at radius 1 is 0.897 bits per heavy atom. The first-order valence-electron chi connectivity index (χ1n) is 10.1. The van der Waals surface area contributed by atoms with Crippen molar-refractivity contribution in [1.29, 1.82) is 0 Å². The van der Waals surface area contributed by atoms with E-state index in [0.29, 0.717) is 18.0 Å². The number of amides is 2.